The van der Waals surface area contributed by atoms with Crippen LogP contribution in [0.1, 0.15) is 72.7 Å². The third-order valence-electron chi connectivity index (χ3n) is 6.78. The van der Waals surface area contributed by atoms with E-state index < -0.39 is 48.4 Å². The van der Waals surface area contributed by atoms with Crippen molar-refractivity contribution < 1.29 is 41.1 Å². The van der Waals surface area contributed by atoms with Crippen LogP contribution < -0.4 is 20.7 Å². The smallest absolute Gasteiger partial charge is 0.391 e. The van der Waals surface area contributed by atoms with Crippen LogP contribution >= 0.6 is 11.6 Å². The number of benzene rings is 2. The fraction of sp³-hybridized carbons (Fsp3) is 0.483. The largest absolute Gasteiger partial charge is 0.487 e. The van der Waals surface area contributed by atoms with Gasteiger partial charge in [0.15, 0.2) is 0 Å². The molecule has 7 nitrogen and oxygen atoms in total. The van der Waals surface area contributed by atoms with E-state index >= 15 is 0 Å². The van der Waals surface area contributed by atoms with Gasteiger partial charge in [0.05, 0.1) is 22.1 Å². The van der Waals surface area contributed by atoms with Crippen molar-refractivity contribution in [2.45, 2.75) is 71.6 Å². The second-order valence-electron chi connectivity index (χ2n) is 11.2. The second kappa shape index (κ2) is 13.7. The summed E-state index contributed by atoms with van der Waals surface area (Å²) in [6, 6.07) is 7.95. The Morgan fingerprint density at radius 2 is 1.62 bits per heavy atom. The first-order valence-corrected chi connectivity index (χ1v) is 13.7. The van der Waals surface area contributed by atoms with E-state index in [2.05, 4.69) is 16.0 Å². The highest BCUT2D eigenvalue weighted by atomic mass is 35.5. The van der Waals surface area contributed by atoms with E-state index in [9.17, 15) is 36.3 Å². The predicted octanol–water partition coefficient (Wildman–Crippen LogP) is 6.75. The minimum atomic E-state index is -4.30. The predicted molar refractivity (Wildman–Crippen MR) is 148 cm³/mol. The number of hydrogen-bond acceptors (Lipinski definition) is 4. The molecule has 3 N–H and O–H groups in total. The molecule has 0 bridgehead atoms. The maximum atomic E-state index is 13.1. The Morgan fingerprint density at radius 3 is 2.21 bits per heavy atom. The van der Waals surface area contributed by atoms with Crippen molar-refractivity contribution in [2.24, 2.45) is 11.3 Å². The normalized spacial score (nSPS) is 17.5. The van der Waals surface area contributed by atoms with Crippen LogP contribution in [-0.2, 0) is 11.3 Å². The Labute approximate surface area is 245 Å². The lowest BCUT2D eigenvalue weighted by atomic mass is 9.85. The van der Waals surface area contributed by atoms with Gasteiger partial charge in [0.1, 0.15) is 12.4 Å². The number of carbonyl (C=O) groups is 3. The van der Waals surface area contributed by atoms with Crippen molar-refractivity contribution in [3.8, 4) is 5.75 Å². The van der Waals surface area contributed by atoms with Gasteiger partial charge in [0.2, 0.25) is 5.91 Å². The topological polar surface area (TPSA) is 96.5 Å². The van der Waals surface area contributed by atoms with Gasteiger partial charge in [-0.05, 0) is 61.6 Å². The number of hydrogen-bond donors (Lipinski definition) is 3. The van der Waals surface area contributed by atoms with Crippen LogP contribution in [0.2, 0.25) is 5.02 Å². The highest BCUT2D eigenvalue weighted by Crippen LogP contribution is 2.37. The van der Waals surface area contributed by atoms with Crippen LogP contribution in [0, 0.1) is 11.3 Å². The minimum absolute atomic E-state index is 0.0876. The Kier molecular flexibility index (Phi) is 10.8. The molecule has 0 saturated heterocycles. The zero-order chi connectivity index (χ0) is 31.2. The number of halogens is 6. The second-order valence-corrected chi connectivity index (χ2v) is 11.6. The van der Waals surface area contributed by atoms with Crippen molar-refractivity contribution in [1.29, 1.82) is 0 Å². The molecule has 0 aliphatic heterocycles. The lowest BCUT2D eigenvalue weighted by molar-refractivity contribution is -0.182. The molecule has 2 aromatic rings. The lowest BCUT2D eigenvalue weighted by Gasteiger charge is -2.30. The summed E-state index contributed by atoms with van der Waals surface area (Å²) < 4.78 is 69.7. The molecule has 42 heavy (non-hydrogen) atoms. The fourth-order valence-corrected chi connectivity index (χ4v) is 4.60. The van der Waals surface area contributed by atoms with Gasteiger partial charge in [0, 0.05) is 23.7 Å². The Hall–Kier alpha value is -3.41. The molecule has 13 heteroatoms. The summed E-state index contributed by atoms with van der Waals surface area (Å²) in [4.78, 5) is 38.4. The molecule has 3 rings (SSSR count). The van der Waals surface area contributed by atoms with Gasteiger partial charge in [-0.2, -0.15) is 13.2 Å². The zero-order valence-electron chi connectivity index (χ0n) is 23.3. The molecule has 0 radical (unpaired) electrons. The lowest BCUT2D eigenvalue weighted by Crippen LogP contribution is -2.40. The summed E-state index contributed by atoms with van der Waals surface area (Å²) in [7, 11) is 0. The molecule has 1 aliphatic carbocycles. The molecule has 1 saturated carbocycles. The Morgan fingerprint density at radius 1 is 0.952 bits per heavy atom. The van der Waals surface area contributed by atoms with E-state index in [1.54, 1.807) is 26.8 Å². The summed E-state index contributed by atoms with van der Waals surface area (Å²) >= 11 is 6.24. The number of carbonyl (C=O) groups excluding carboxylic acids is 3. The van der Waals surface area contributed by atoms with E-state index in [-0.39, 0.29) is 65.7 Å². The minimum Gasteiger partial charge on any atom is -0.487 e. The third kappa shape index (κ3) is 9.30. The van der Waals surface area contributed by atoms with Crippen molar-refractivity contribution in [3.63, 3.8) is 0 Å². The van der Waals surface area contributed by atoms with Crippen LogP contribution in [-0.4, -0.2) is 43.0 Å². The van der Waals surface area contributed by atoms with Gasteiger partial charge in [-0.1, -0.05) is 38.4 Å². The maximum absolute atomic E-state index is 13.1. The third-order valence-corrected chi connectivity index (χ3v) is 7.11. The molecular formula is C29H33ClF5N3O4. The molecule has 0 spiro atoms. The number of nitrogens with one attached hydrogen (secondary N) is 3. The van der Waals surface area contributed by atoms with Gasteiger partial charge in [-0.25, -0.2) is 8.78 Å². The fourth-order valence-electron chi connectivity index (χ4n) is 4.39. The van der Waals surface area contributed by atoms with Crippen molar-refractivity contribution in [2.75, 3.05) is 11.9 Å². The van der Waals surface area contributed by atoms with Gasteiger partial charge in [-0.15, -0.1) is 0 Å². The van der Waals surface area contributed by atoms with E-state index in [1.165, 1.54) is 30.3 Å². The Balaban J connectivity index is 1.76. The van der Waals surface area contributed by atoms with Gasteiger partial charge in [0.25, 0.3) is 18.2 Å². The molecule has 230 valence electrons. The van der Waals surface area contributed by atoms with E-state index in [0.29, 0.717) is 5.56 Å². The number of alkyl halides is 5. The van der Waals surface area contributed by atoms with E-state index in [4.69, 9.17) is 16.3 Å². The van der Waals surface area contributed by atoms with Crippen LogP contribution in [0.15, 0.2) is 36.4 Å². The first-order valence-electron chi connectivity index (χ1n) is 13.3. The van der Waals surface area contributed by atoms with Crippen molar-refractivity contribution in [1.82, 2.24) is 10.6 Å². The molecule has 0 heterocycles. The van der Waals surface area contributed by atoms with Gasteiger partial charge < -0.3 is 20.7 Å². The first kappa shape index (κ1) is 33.1. The summed E-state index contributed by atoms with van der Waals surface area (Å²) in [6.45, 7) is 4.45. The highest BCUT2D eigenvalue weighted by molar-refractivity contribution is 6.34. The monoisotopic (exact) mass is 617 g/mol. The van der Waals surface area contributed by atoms with Gasteiger partial charge >= 0.3 is 6.18 Å². The molecular weight excluding hydrogens is 585 g/mol. The van der Waals surface area contributed by atoms with Crippen LogP contribution in [0.5, 0.6) is 5.75 Å². The zero-order valence-corrected chi connectivity index (χ0v) is 24.1. The summed E-state index contributed by atoms with van der Waals surface area (Å²) in [5, 5.41) is 8.17. The number of rotatable bonds is 9. The van der Waals surface area contributed by atoms with Crippen molar-refractivity contribution in [3.05, 3.63) is 58.1 Å². The van der Waals surface area contributed by atoms with Gasteiger partial charge in [-0.3, -0.25) is 14.4 Å². The average molecular weight is 618 g/mol. The molecule has 1 aliphatic rings. The maximum Gasteiger partial charge on any atom is 0.391 e. The molecule has 1 fully saturated rings. The summed E-state index contributed by atoms with van der Waals surface area (Å²) in [6.07, 6.45) is -7.20. The van der Waals surface area contributed by atoms with Crippen LogP contribution in [0.4, 0.5) is 27.6 Å². The molecule has 0 unspecified atom stereocenters. The summed E-state index contributed by atoms with van der Waals surface area (Å²) in [5.41, 5.74) is 0.0430. The van der Waals surface area contributed by atoms with Crippen LogP contribution in [0.25, 0.3) is 0 Å². The molecule has 0 atom stereocenters. The summed E-state index contributed by atoms with van der Waals surface area (Å²) in [5.74, 6) is -3.17. The Bertz CT molecular complexity index is 1290. The number of amides is 3. The molecule has 2 aromatic carbocycles. The highest BCUT2D eigenvalue weighted by Gasteiger charge is 2.41. The van der Waals surface area contributed by atoms with E-state index in [0.717, 1.165) is 0 Å². The first-order chi connectivity index (χ1) is 19.5. The standard InChI is InChI=1S/C29H33ClF5N3O4/c1-28(2,3)27(41)36-14-16-4-10-22(30)20(12-16)25(39)38-19-9-11-23(42-15-24(31)32)21(13-19)26(40)37-18-7-5-17(6-8-18)29(33,34)35/h4,9-13,17-18,24H,5-8,14-15H2,1-3H3,(H,36,41)(H,37,40)(H,38,39)/t17-,18-. The average Bonchev–Trinajstić information content (AvgIpc) is 2.90. The van der Waals surface area contributed by atoms with Crippen LogP contribution in [0.3, 0.4) is 0 Å². The number of anilines is 1. The van der Waals surface area contributed by atoms with E-state index in [1.807, 2.05) is 0 Å². The molecule has 0 aromatic heterocycles. The number of ether oxygens (including phenoxy) is 1. The quantitative estimate of drug-likeness (QED) is 0.271. The SMILES string of the molecule is CC(C)(C)C(=O)NCc1ccc(Cl)c(C(=O)Nc2ccc(OCC(F)F)c(C(=O)N[C@H]3CC[C@H](C(F)(F)F)CC3)c2)c1. The van der Waals surface area contributed by atoms with Crippen molar-refractivity contribution >= 4 is 35.0 Å². The molecule has 3 amide bonds.